The summed E-state index contributed by atoms with van der Waals surface area (Å²) in [7, 11) is -4.99. The van der Waals surface area contributed by atoms with Gasteiger partial charge in [0.05, 0.1) is 49.2 Å². The van der Waals surface area contributed by atoms with Crippen LogP contribution in [0.3, 0.4) is 0 Å². The second-order valence-electron chi connectivity index (χ2n) is 21.0. The van der Waals surface area contributed by atoms with E-state index in [4.69, 9.17) is 33.2 Å². The van der Waals surface area contributed by atoms with Gasteiger partial charge in [0, 0.05) is 68.3 Å². The van der Waals surface area contributed by atoms with Crippen molar-refractivity contribution in [3.05, 3.63) is 71.0 Å². The highest BCUT2D eigenvalue weighted by Crippen LogP contribution is 2.64. The van der Waals surface area contributed by atoms with Gasteiger partial charge < -0.3 is 73.8 Å². The number of nitrogens with zero attached hydrogens (tertiary/aromatic N) is 3. The number of methoxy groups -OCH3 is 2. The number of aromatic nitrogens is 1. The van der Waals surface area contributed by atoms with Crippen molar-refractivity contribution in [1.82, 2.24) is 15.2 Å². The molecular formula is C51H84N4O18P2. The molecule has 3 heterocycles. The van der Waals surface area contributed by atoms with E-state index in [1.54, 1.807) is 85.7 Å². The first-order chi connectivity index (χ1) is 34.7. The number of carbonyl (C=O) groups is 1. The summed E-state index contributed by atoms with van der Waals surface area (Å²) in [6, 6.07) is 0.915. The fourth-order valence-electron chi connectivity index (χ4n) is 9.49. The van der Waals surface area contributed by atoms with Gasteiger partial charge in [-0.3, -0.25) is 9.32 Å². The molecular weight excluding hydrogens is 1020 g/mol. The number of likely N-dealkylation sites (N-methyl/N-ethyl adjacent to an activating group) is 1. The number of amides is 1. The first kappa shape index (κ1) is 66.0. The molecule has 2 aliphatic heterocycles. The summed E-state index contributed by atoms with van der Waals surface area (Å²) in [4.78, 5) is 48.9. The van der Waals surface area contributed by atoms with E-state index < -0.39 is 118 Å². The fraction of sp³-hybridized carbons (Fsp3) is 0.706. The van der Waals surface area contributed by atoms with Gasteiger partial charge in [-0.1, -0.05) is 77.5 Å². The maximum absolute atomic E-state index is 13.3. The van der Waals surface area contributed by atoms with Crippen molar-refractivity contribution in [2.75, 3.05) is 34.9 Å². The zero-order valence-electron chi connectivity index (χ0n) is 45.7. The summed E-state index contributed by atoms with van der Waals surface area (Å²) >= 11 is 0. The van der Waals surface area contributed by atoms with E-state index in [9.17, 15) is 54.1 Å². The van der Waals surface area contributed by atoms with Gasteiger partial charge in [-0.25, -0.2) is 14.1 Å². The van der Waals surface area contributed by atoms with Crippen molar-refractivity contribution in [3.8, 4) is 6.07 Å². The molecule has 2 saturated heterocycles. The summed E-state index contributed by atoms with van der Waals surface area (Å²) in [6.07, 6.45) is 2.41. The largest absolute Gasteiger partial charge is 0.481 e. The maximum Gasteiger partial charge on any atom is 0.481 e. The molecule has 1 aromatic rings. The molecule has 2 aliphatic rings. The standard InChI is InChI=1S/C51H84N4O18P2/c1-29(21-22-52)17-15-18-30(2)31(3)23-32(4)43(58)36(8)39(56)25-42(68-14)46-47(72-75(65,66)73-74(62,63)64)50(9,10)51(71-46)26-40(57)35(7)41(70-51)20-16-19-37-27-69-49(54-37)33(5)24-34(6)53-48(61)45(60)44(59)38(28-67-13)55(11)12/h15-19,21,23,27,32-36,38-47,56-60H,20,24-26,28H2,1-14H3,(H,53,61)(H,65,66)(H2,62,63,64)/b17-15+,19-16+,29-21-,30-18+,31-23+/t32-,33+,34-,35+,36+,38+,39+,40-,41+,42+,43-,44+,45+,46-,47+,51-/m1/s1. The van der Waals surface area contributed by atoms with Crippen LogP contribution in [-0.4, -0.2) is 164 Å². The number of carbonyl (C=O) groups excluding carboxylic acids is 1. The SMILES string of the molecule is COC[C@@H]([C@H](O)[C@H](O)C(=O)N[C@H](C)C[C@H](C)c1nc(/C=C/C[C@@H]2O[C@]3(C[C@@H](O)[C@@H]2C)O[C@H]([C@H](C[C@H](O)[C@H](C)[C@H](O)[C@H](C)/C=C(C)/C(C)=C/C=C/C(C)=C\C#N)OC)[C@H](OP(=O)(O)OP(=O)(O)O)C3(C)C)co1)N(C)C. The highest BCUT2D eigenvalue weighted by molar-refractivity contribution is 7.60. The van der Waals surface area contributed by atoms with Gasteiger partial charge in [0.2, 0.25) is 0 Å². The van der Waals surface area contributed by atoms with E-state index in [-0.39, 0.29) is 31.8 Å². The van der Waals surface area contributed by atoms with E-state index in [1.165, 1.54) is 26.6 Å². The van der Waals surface area contributed by atoms with E-state index in [0.29, 0.717) is 18.0 Å². The van der Waals surface area contributed by atoms with Crippen LogP contribution in [0.5, 0.6) is 0 Å². The lowest BCUT2D eigenvalue weighted by Gasteiger charge is -2.50. The van der Waals surface area contributed by atoms with Crippen LogP contribution in [0.4, 0.5) is 0 Å². The number of allylic oxidation sites excluding steroid dienone is 7. The zero-order valence-corrected chi connectivity index (χ0v) is 47.5. The molecule has 1 amide bonds. The molecule has 17 atom stereocenters. The zero-order chi connectivity index (χ0) is 57.0. The normalized spacial score (nSPS) is 27.9. The lowest BCUT2D eigenvalue weighted by molar-refractivity contribution is -0.334. The smallest absolute Gasteiger partial charge is 0.448 e. The summed E-state index contributed by atoms with van der Waals surface area (Å²) in [5, 5.41) is 67.7. The van der Waals surface area contributed by atoms with Crippen LogP contribution in [0.15, 0.2) is 63.9 Å². The van der Waals surface area contributed by atoms with E-state index in [2.05, 4.69) is 14.6 Å². The summed E-state index contributed by atoms with van der Waals surface area (Å²) in [6.45, 7) is 17.7. The molecule has 2 fully saturated rings. The van der Waals surface area contributed by atoms with E-state index in [1.807, 2.05) is 45.1 Å². The Labute approximate surface area is 442 Å². The summed E-state index contributed by atoms with van der Waals surface area (Å²) in [5.41, 5.74) is 1.51. The van der Waals surface area contributed by atoms with Crippen molar-refractivity contribution < 1.29 is 86.3 Å². The van der Waals surface area contributed by atoms with Crippen molar-refractivity contribution in [2.45, 2.75) is 174 Å². The Morgan fingerprint density at radius 2 is 1.68 bits per heavy atom. The number of phosphoric ester groups is 1. The molecule has 1 aromatic heterocycles. The summed E-state index contributed by atoms with van der Waals surface area (Å²) in [5.74, 6) is -4.16. The van der Waals surface area contributed by atoms with Crippen molar-refractivity contribution in [3.63, 3.8) is 0 Å². The molecule has 0 saturated carbocycles. The third kappa shape index (κ3) is 18.4. The molecule has 3 rings (SSSR count). The molecule has 0 radical (unpaired) electrons. The number of hydrogen-bond acceptors (Lipinski definition) is 18. The molecule has 24 heteroatoms. The maximum atomic E-state index is 13.3. The topological polar surface area (TPSA) is 334 Å². The number of aliphatic hydroxyl groups is 5. The number of oxazole rings is 1. The highest BCUT2D eigenvalue weighted by atomic mass is 31.3. The van der Waals surface area contributed by atoms with Crippen molar-refractivity contribution >= 4 is 27.6 Å². The first-order valence-corrected chi connectivity index (χ1v) is 28.0. The Morgan fingerprint density at radius 3 is 2.27 bits per heavy atom. The van der Waals surface area contributed by atoms with Gasteiger partial charge in [0.1, 0.15) is 30.3 Å². The quantitative estimate of drug-likeness (QED) is 0.0296. The number of hydrogen-bond donors (Lipinski definition) is 9. The van der Waals surface area contributed by atoms with Crippen LogP contribution in [0.2, 0.25) is 0 Å². The number of aliphatic hydroxyl groups excluding tert-OH is 5. The number of nitrogens with one attached hydrogen (secondary N) is 1. The van der Waals surface area contributed by atoms with Crippen LogP contribution in [0.25, 0.3) is 6.08 Å². The summed E-state index contributed by atoms with van der Waals surface area (Å²) < 4.78 is 65.2. The number of rotatable bonds is 28. The number of nitriles is 1. The lowest BCUT2D eigenvalue weighted by atomic mass is 9.72. The van der Waals surface area contributed by atoms with Crippen molar-refractivity contribution in [2.24, 2.45) is 23.2 Å². The number of phosphoric acid groups is 2. The Morgan fingerprint density at radius 1 is 1.03 bits per heavy atom. The molecule has 0 aromatic carbocycles. The molecule has 9 N–H and O–H groups in total. The van der Waals surface area contributed by atoms with Gasteiger partial charge >= 0.3 is 15.6 Å². The minimum absolute atomic E-state index is 0.0991. The highest BCUT2D eigenvalue weighted by Gasteiger charge is 2.68. The monoisotopic (exact) mass is 1100 g/mol. The number of ether oxygens (including phenoxy) is 4. The van der Waals surface area contributed by atoms with Gasteiger partial charge in [-0.05, 0) is 71.9 Å². The molecule has 426 valence electrons. The van der Waals surface area contributed by atoms with Gasteiger partial charge in [0.25, 0.3) is 5.91 Å². The van der Waals surface area contributed by atoms with Crippen LogP contribution >= 0.6 is 15.6 Å². The Bertz CT molecular complexity index is 2310. The average Bonchev–Trinajstić information content (AvgIpc) is 3.86. The Balaban J connectivity index is 1.84. The second kappa shape index (κ2) is 28.6. The molecule has 1 spiro atoms. The molecule has 1 unspecified atom stereocenters. The molecule has 0 aliphatic carbocycles. The van der Waals surface area contributed by atoms with Crippen LogP contribution in [-0.2, 0) is 41.7 Å². The van der Waals surface area contributed by atoms with Crippen LogP contribution < -0.4 is 5.32 Å². The third-order valence-corrected chi connectivity index (χ3v) is 16.6. The van der Waals surface area contributed by atoms with E-state index in [0.717, 1.165) is 16.7 Å². The molecule has 75 heavy (non-hydrogen) atoms. The first-order valence-electron chi connectivity index (χ1n) is 25.0. The Kier molecular flexibility index (Phi) is 25.1. The third-order valence-electron chi connectivity index (χ3n) is 14.4. The second-order valence-corrected chi connectivity index (χ2v) is 23.8. The van der Waals surface area contributed by atoms with Gasteiger partial charge in [0.15, 0.2) is 17.8 Å². The predicted molar refractivity (Wildman–Crippen MR) is 278 cm³/mol. The minimum atomic E-state index is -5.59. The fourth-order valence-corrected chi connectivity index (χ4v) is 11.4. The Hall–Kier alpha value is -3.27. The van der Waals surface area contributed by atoms with Gasteiger partial charge in [-0.2, -0.15) is 9.57 Å². The van der Waals surface area contributed by atoms with Gasteiger partial charge in [-0.15, -0.1) is 0 Å². The minimum Gasteiger partial charge on any atom is -0.448 e. The predicted octanol–water partition coefficient (Wildman–Crippen LogP) is 5.19. The van der Waals surface area contributed by atoms with Crippen molar-refractivity contribution in [1.29, 1.82) is 5.26 Å². The molecule has 0 bridgehead atoms. The average molecular weight is 1100 g/mol. The van der Waals surface area contributed by atoms with E-state index >= 15 is 0 Å². The van der Waals surface area contributed by atoms with Crippen LogP contribution in [0.1, 0.15) is 112 Å². The van der Waals surface area contributed by atoms with Crippen LogP contribution in [0, 0.1) is 34.5 Å². The lowest BCUT2D eigenvalue weighted by Crippen LogP contribution is -2.58. The molecule has 22 nitrogen and oxygen atoms in total.